The number of urea groups is 1. The average Bonchev–Trinajstić information content (AvgIpc) is 2.90. The molecule has 3 aromatic rings. The normalized spacial score (nSPS) is 10.4. The van der Waals surface area contributed by atoms with E-state index in [9.17, 15) is 9.59 Å². The van der Waals surface area contributed by atoms with Crippen LogP contribution in [0.15, 0.2) is 42.5 Å². The molecule has 2 amide bonds. The van der Waals surface area contributed by atoms with Crippen LogP contribution in [0.3, 0.4) is 0 Å². The summed E-state index contributed by atoms with van der Waals surface area (Å²) in [6.07, 6.45) is 0. The van der Waals surface area contributed by atoms with Crippen molar-refractivity contribution in [1.29, 1.82) is 0 Å². The molecule has 1 aromatic heterocycles. The van der Waals surface area contributed by atoms with Gasteiger partial charge in [0.25, 0.3) is 0 Å². The number of esters is 1. The third-order valence-electron chi connectivity index (χ3n) is 2.94. The molecule has 0 atom stereocenters. The van der Waals surface area contributed by atoms with E-state index >= 15 is 0 Å². The standard InChI is InChI=1S/C16H12IN3O3S/c1-9(21)23-12-6-7-13-14(8-12)24-16(19-13)20-15(22)18-11-4-2-10(17)3-5-11/h2-8H,1H3,(H2,18,19,20,22). The average molecular weight is 453 g/mol. The summed E-state index contributed by atoms with van der Waals surface area (Å²) in [5.74, 6) is 0.0719. The number of benzene rings is 2. The molecule has 0 spiro atoms. The maximum atomic E-state index is 12.0. The Bertz CT molecular complexity index is 909. The molecule has 0 aliphatic heterocycles. The van der Waals surface area contributed by atoms with Crippen molar-refractivity contribution in [3.8, 4) is 5.75 Å². The molecular weight excluding hydrogens is 441 g/mol. The van der Waals surface area contributed by atoms with Crippen LogP contribution in [0.5, 0.6) is 5.75 Å². The lowest BCUT2D eigenvalue weighted by Crippen LogP contribution is -2.19. The molecule has 0 aliphatic rings. The number of anilines is 2. The third kappa shape index (κ3) is 4.20. The van der Waals surface area contributed by atoms with E-state index in [0.29, 0.717) is 16.6 Å². The Labute approximate surface area is 155 Å². The van der Waals surface area contributed by atoms with Crippen LogP contribution in [0.2, 0.25) is 0 Å². The minimum atomic E-state index is -0.380. The van der Waals surface area contributed by atoms with E-state index in [-0.39, 0.29) is 12.0 Å². The lowest BCUT2D eigenvalue weighted by Gasteiger charge is -2.04. The highest BCUT2D eigenvalue weighted by Crippen LogP contribution is 2.29. The molecule has 8 heteroatoms. The molecule has 24 heavy (non-hydrogen) atoms. The Morgan fingerprint density at radius 2 is 1.88 bits per heavy atom. The monoisotopic (exact) mass is 453 g/mol. The zero-order chi connectivity index (χ0) is 17.1. The van der Waals surface area contributed by atoms with Crippen LogP contribution < -0.4 is 15.4 Å². The predicted octanol–water partition coefficient (Wildman–Crippen LogP) is 4.47. The summed E-state index contributed by atoms with van der Waals surface area (Å²) in [5, 5.41) is 5.91. The second-order valence-corrected chi connectivity index (χ2v) is 7.10. The van der Waals surface area contributed by atoms with E-state index in [1.807, 2.05) is 24.3 Å². The van der Waals surface area contributed by atoms with Gasteiger partial charge in [0.1, 0.15) is 5.75 Å². The van der Waals surface area contributed by atoms with Gasteiger partial charge in [-0.1, -0.05) is 11.3 Å². The molecule has 0 aliphatic carbocycles. The maximum absolute atomic E-state index is 12.0. The van der Waals surface area contributed by atoms with Crippen LogP contribution in [0, 0.1) is 3.57 Å². The largest absolute Gasteiger partial charge is 0.427 e. The van der Waals surface area contributed by atoms with E-state index in [0.717, 1.165) is 13.8 Å². The number of halogens is 1. The van der Waals surface area contributed by atoms with Gasteiger partial charge >= 0.3 is 12.0 Å². The van der Waals surface area contributed by atoms with Crippen molar-refractivity contribution in [2.75, 3.05) is 10.6 Å². The van der Waals surface area contributed by atoms with Gasteiger partial charge in [0.05, 0.1) is 10.2 Å². The molecule has 2 N–H and O–H groups in total. The van der Waals surface area contributed by atoms with Crippen molar-refractivity contribution in [3.63, 3.8) is 0 Å². The highest BCUT2D eigenvalue weighted by Gasteiger charge is 2.09. The van der Waals surface area contributed by atoms with Crippen LogP contribution in [-0.4, -0.2) is 17.0 Å². The van der Waals surface area contributed by atoms with Gasteiger partial charge in [-0.15, -0.1) is 0 Å². The maximum Gasteiger partial charge on any atom is 0.325 e. The van der Waals surface area contributed by atoms with Crippen LogP contribution >= 0.6 is 33.9 Å². The third-order valence-corrected chi connectivity index (χ3v) is 4.60. The number of rotatable bonds is 3. The Morgan fingerprint density at radius 1 is 1.12 bits per heavy atom. The van der Waals surface area contributed by atoms with Gasteiger partial charge in [-0.05, 0) is 59.0 Å². The van der Waals surface area contributed by atoms with E-state index in [1.165, 1.54) is 18.3 Å². The zero-order valence-electron chi connectivity index (χ0n) is 12.5. The first-order valence-corrected chi connectivity index (χ1v) is 8.82. The van der Waals surface area contributed by atoms with Crippen LogP contribution in [0.25, 0.3) is 10.2 Å². The van der Waals surface area contributed by atoms with Crippen LogP contribution in [0.4, 0.5) is 15.6 Å². The van der Waals surface area contributed by atoms with Crippen molar-refractivity contribution < 1.29 is 14.3 Å². The number of amides is 2. The highest BCUT2D eigenvalue weighted by molar-refractivity contribution is 14.1. The summed E-state index contributed by atoms with van der Waals surface area (Å²) in [6, 6.07) is 12.2. The van der Waals surface area contributed by atoms with Gasteiger partial charge in [-0.25, -0.2) is 9.78 Å². The zero-order valence-corrected chi connectivity index (χ0v) is 15.5. The second kappa shape index (κ2) is 7.14. The van der Waals surface area contributed by atoms with Crippen molar-refractivity contribution in [2.24, 2.45) is 0 Å². The Balaban J connectivity index is 1.71. The summed E-state index contributed by atoms with van der Waals surface area (Å²) >= 11 is 3.50. The molecule has 0 saturated carbocycles. The summed E-state index contributed by atoms with van der Waals surface area (Å²) < 4.78 is 6.95. The summed E-state index contributed by atoms with van der Waals surface area (Å²) in [7, 11) is 0. The van der Waals surface area contributed by atoms with Crippen molar-refractivity contribution in [3.05, 3.63) is 46.0 Å². The van der Waals surface area contributed by atoms with Gasteiger partial charge in [0.2, 0.25) is 0 Å². The van der Waals surface area contributed by atoms with Gasteiger partial charge in [-0.3, -0.25) is 10.1 Å². The molecule has 0 bridgehead atoms. The second-order valence-electron chi connectivity index (χ2n) is 4.83. The fourth-order valence-electron chi connectivity index (χ4n) is 1.98. The topological polar surface area (TPSA) is 80.3 Å². The summed E-state index contributed by atoms with van der Waals surface area (Å²) in [4.78, 5) is 27.4. The molecule has 3 rings (SSSR count). The Hall–Kier alpha value is -2.20. The molecule has 2 aromatic carbocycles. The van der Waals surface area contributed by atoms with Gasteiger partial charge < -0.3 is 10.1 Å². The number of thiazole rings is 1. The number of aromatic nitrogens is 1. The molecule has 1 heterocycles. The Kier molecular flexibility index (Phi) is 4.95. The predicted molar refractivity (Wildman–Crippen MR) is 103 cm³/mol. The van der Waals surface area contributed by atoms with Crippen molar-refractivity contribution in [1.82, 2.24) is 4.98 Å². The first kappa shape index (κ1) is 16.7. The minimum Gasteiger partial charge on any atom is -0.427 e. The summed E-state index contributed by atoms with van der Waals surface area (Å²) in [6.45, 7) is 1.35. The Morgan fingerprint density at radius 3 is 2.58 bits per heavy atom. The molecule has 0 fully saturated rings. The molecule has 6 nitrogen and oxygen atoms in total. The highest BCUT2D eigenvalue weighted by atomic mass is 127. The number of nitrogens with one attached hydrogen (secondary N) is 2. The SMILES string of the molecule is CC(=O)Oc1ccc2nc(NC(=O)Nc3ccc(I)cc3)sc2c1. The van der Waals surface area contributed by atoms with Gasteiger partial charge in [0, 0.05) is 22.2 Å². The van der Waals surface area contributed by atoms with Crippen LogP contribution in [-0.2, 0) is 4.79 Å². The van der Waals surface area contributed by atoms with Gasteiger partial charge in [-0.2, -0.15) is 0 Å². The molecule has 0 radical (unpaired) electrons. The number of carbonyl (C=O) groups is 2. The molecule has 0 unspecified atom stereocenters. The number of carbonyl (C=O) groups excluding carboxylic acids is 2. The number of hydrogen-bond donors (Lipinski definition) is 2. The summed E-state index contributed by atoms with van der Waals surface area (Å²) in [5.41, 5.74) is 1.42. The first-order chi connectivity index (χ1) is 11.5. The van der Waals surface area contributed by atoms with Crippen molar-refractivity contribution in [2.45, 2.75) is 6.92 Å². The van der Waals surface area contributed by atoms with E-state index in [1.54, 1.807) is 18.2 Å². The molecular formula is C16H12IN3O3S. The number of hydrogen-bond acceptors (Lipinski definition) is 5. The fraction of sp³-hybridized carbons (Fsp3) is 0.0625. The molecule has 0 saturated heterocycles. The lowest BCUT2D eigenvalue weighted by molar-refractivity contribution is -0.131. The van der Waals surface area contributed by atoms with E-state index in [4.69, 9.17) is 4.74 Å². The number of nitrogens with zero attached hydrogens (tertiary/aromatic N) is 1. The fourth-order valence-corrected chi connectivity index (χ4v) is 3.23. The quantitative estimate of drug-likeness (QED) is 0.349. The van der Waals surface area contributed by atoms with Crippen molar-refractivity contribution >= 4 is 67.0 Å². The van der Waals surface area contributed by atoms with E-state index < -0.39 is 0 Å². The number of ether oxygens (including phenoxy) is 1. The molecule has 122 valence electrons. The van der Waals surface area contributed by atoms with E-state index in [2.05, 4.69) is 38.2 Å². The van der Waals surface area contributed by atoms with Gasteiger partial charge in [0.15, 0.2) is 5.13 Å². The lowest BCUT2D eigenvalue weighted by atomic mass is 10.3. The smallest absolute Gasteiger partial charge is 0.325 e. The van der Waals surface area contributed by atoms with Crippen LogP contribution in [0.1, 0.15) is 6.92 Å². The first-order valence-electron chi connectivity index (χ1n) is 6.92. The minimum absolute atomic E-state index is 0.365. The number of fused-ring (bicyclic) bond motifs is 1.